The molecule has 6 heteroatoms. The van der Waals surface area contributed by atoms with Crippen LogP contribution in [0.15, 0.2) is 54.9 Å². The number of aromatic nitrogens is 1. The number of hydrogen-bond acceptors (Lipinski definition) is 5. The average Bonchev–Trinajstić information content (AvgIpc) is 2.75. The average molecular weight is 380 g/mol. The number of aryl methyl sites for hydroxylation is 1. The van der Waals surface area contributed by atoms with Crippen molar-refractivity contribution in [2.24, 2.45) is 5.73 Å². The minimum Gasteiger partial charge on any atom is -0.340 e. The van der Waals surface area contributed by atoms with E-state index in [0.29, 0.717) is 13.1 Å². The van der Waals surface area contributed by atoms with Crippen LogP contribution in [0.5, 0.6) is 0 Å². The molecule has 3 rings (SSSR count). The first-order valence-corrected chi connectivity index (χ1v) is 9.68. The first kappa shape index (κ1) is 21.5. The van der Waals surface area contributed by atoms with Crippen molar-refractivity contribution in [2.45, 2.75) is 25.8 Å². The highest BCUT2D eigenvalue weighted by Gasteiger charge is 2.25. The van der Waals surface area contributed by atoms with Crippen molar-refractivity contribution in [1.82, 2.24) is 14.8 Å². The monoisotopic (exact) mass is 379 g/mol. The van der Waals surface area contributed by atoms with Gasteiger partial charge in [-0.15, -0.1) is 0 Å². The van der Waals surface area contributed by atoms with E-state index in [-0.39, 0.29) is 11.9 Å². The van der Waals surface area contributed by atoms with Crippen molar-refractivity contribution >= 4 is 5.91 Å². The van der Waals surface area contributed by atoms with Gasteiger partial charge in [0.15, 0.2) is 0 Å². The SMILES string of the molecule is CC(=O)N1CCN(C(C#N)c2cccnc2)CC1.NCCCc1ccccc1. The van der Waals surface area contributed by atoms with Crippen LogP contribution in [0.3, 0.4) is 0 Å². The number of nitrogens with two attached hydrogens (primary N) is 1. The molecule has 1 unspecified atom stereocenters. The molecule has 1 aromatic carbocycles. The molecule has 1 fully saturated rings. The van der Waals surface area contributed by atoms with E-state index >= 15 is 0 Å². The topological polar surface area (TPSA) is 86.2 Å². The Hall–Kier alpha value is -2.75. The molecule has 0 radical (unpaired) electrons. The first-order chi connectivity index (χ1) is 13.7. The Bertz CT molecular complexity index is 737. The van der Waals surface area contributed by atoms with Crippen LogP contribution in [0.2, 0.25) is 0 Å². The van der Waals surface area contributed by atoms with Crippen LogP contribution in [-0.2, 0) is 11.2 Å². The molecule has 1 aromatic heterocycles. The van der Waals surface area contributed by atoms with Gasteiger partial charge in [0.25, 0.3) is 0 Å². The second-order valence-electron chi connectivity index (χ2n) is 6.74. The number of rotatable bonds is 5. The molecule has 1 saturated heterocycles. The highest BCUT2D eigenvalue weighted by molar-refractivity contribution is 5.73. The fourth-order valence-electron chi connectivity index (χ4n) is 3.15. The van der Waals surface area contributed by atoms with Crippen LogP contribution in [0, 0.1) is 11.3 Å². The lowest BCUT2D eigenvalue weighted by Gasteiger charge is -2.36. The maximum Gasteiger partial charge on any atom is 0.219 e. The van der Waals surface area contributed by atoms with Crippen LogP contribution in [0.1, 0.15) is 30.5 Å². The van der Waals surface area contributed by atoms with Crippen molar-refractivity contribution in [2.75, 3.05) is 32.7 Å². The summed E-state index contributed by atoms with van der Waals surface area (Å²) in [7, 11) is 0. The Balaban J connectivity index is 0.000000237. The fraction of sp³-hybridized carbons (Fsp3) is 0.409. The van der Waals surface area contributed by atoms with Crippen LogP contribution in [0.4, 0.5) is 0 Å². The highest BCUT2D eigenvalue weighted by Crippen LogP contribution is 2.20. The van der Waals surface area contributed by atoms with Crippen molar-refractivity contribution < 1.29 is 4.79 Å². The van der Waals surface area contributed by atoms with E-state index in [4.69, 9.17) is 5.73 Å². The lowest BCUT2D eigenvalue weighted by Crippen LogP contribution is -2.48. The fourth-order valence-corrected chi connectivity index (χ4v) is 3.15. The van der Waals surface area contributed by atoms with Gasteiger partial charge in [0.1, 0.15) is 6.04 Å². The summed E-state index contributed by atoms with van der Waals surface area (Å²) in [6.45, 7) is 5.20. The van der Waals surface area contributed by atoms with Gasteiger partial charge in [-0.25, -0.2) is 0 Å². The van der Waals surface area contributed by atoms with Crippen LogP contribution in [-0.4, -0.2) is 53.4 Å². The summed E-state index contributed by atoms with van der Waals surface area (Å²) in [5, 5.41) is 9.31. The molecule has 148 valence electrons. The predicted octanol–water partition coefficient (Wildman–Crippen LogP) is 2.39. The van der Waals surface area contributed by atoms with Crippen LogP contribution < -0.4 is 5.73 Å². The molecule has 0 spiro atoms. The first-order valence-electron chi connectivity index (χ1n) is 9.68. The zero-order chi connectivity index (χ0) is 20.2. The van der Waals surface area contributed by atoms with Gasteiger partial charge in [0.2, 0.25) is 5.91 Å². The van der Waals surface area contributed by atoms with Gasteiger partial charge in [0, 0.05) is 51.1 Å². The Kier molecular flexibility index (Phi) is 9.13. The quantitative estimate of drug-likeness (QED) is 0.862. The molecule has 2 aromatic rings. The number of amides is 1. The number of piperazine rings is 1. The van der Waals surface area contributed by atoms with Gasteiger partial charge >= 0.3 is 0 Å². The molecule has 6 nitrogen and oxygen atoms in total. The van der Waals surface area contributed by atoms with Gasteiger partial charge in [-0.2, -0.15) is 5.26 Å². The maximum atomic E-state index is 11.2. The molecule has 28 heavy (non-hydrogen) atoms. The molecular formula is C22H29N5O. The van der Waals surface area contributed by atoms with Crippen LogP contribution in [0.25, 0.3) is 0 Å². The van der Waals surface area contributed by atoms with Gasteiger partial charge in [-0.1, -0.05) is 36.4 Å². The number of nitrogens with zero attached hydrogens (tertiary/aromatic N) is 4. The van der Waals surface area contributed by atoms with E-state index in [0.717, 1.165) is 38.0 Å². The number of carbonyl (C=O) groups excluding carboxylic acids is 1. The molecular weight excluding hydrogens is 350 g/mol. The van der Waals surface area contributed by atoms with Gasteiger partial charge in [-0.3, -0.25) is 14.7 Å². The summed E-state index contributed by atoms with van der Waals surface area (Å²) in [4.78, 5) is 19.2. The molecule has 0 saturated carbocycles. The van der Waals surface area contributed by atoms with E-state index < -0.39 is 0 Å². The van der Waals surface area contributed by atoms with E-state index in [1.807, 2.05) is 23.1 Å². The summed E-state index contributed by atoms with van der Waals surface area (Å²) in [5.74, 6) is 0.101. The van der Waals surface area contributed by atoms with Crippen molar-refractivity contribution in [1.29, 1.82) is 5.26 Å². The summed E-state index contributed by atoms with van der Waals surface area (Å²) >= 11 is 0. The Morgan fingerprint density at radius 3 is 2.43 bits per heavy atom. The van der Waals surface area contributed by atoms with Crippen LogP contribution >= 0.6 is 0 Å². The third-order valence-corrected chi connectivity index (χ3v) is 4.76. The van der Waals surface area contributed by atoms with Gasteiger partial charge < -0.3 is 10.6 Å². The number of carbonyl (C=O) groups is 1. The van der Waals surface area contributed by atoms with Crippen molar-refractivity contribution in [3.63, 3.8) is 0 Å². The minimum atomic E-state index is -0.271. The Labute approximate surface area is 167 Å². The largest absolute Gasteiger partial charge is 0.340 e. The minimum absolute atomic E-state index is 0.101. The molecule has 2 heterocycles. The third kappa shape index (κ3) is 6.76. The zero-order valence-electron chi connectivity index (χ0n) is 16.5. The predicted molar refractivity (Wildman–Crippen MR) is 110 cm³/mol. The smallest absolute Gasteiger partial charge is 0.219 e. The van der Waals surface area contributed by atoms with Crippen molar-refractivity contribution in [3.05, 3.63) is 66.0 Å². The molecule has 1 atom stereocenters. The summed E-state index contributed by atoms with van der Waals surface area (Å²) < 4.78 is 0. The zero-order valence-corrected chi connectivity index (χ0v) is 16.5. The summed E-state index contributed by atoms with van der Waals surface area (Å²) in [5.41, 5.74) is 7.67. The van der Waals surface area contributed by atoms with E-state index in [1.54, 1.807) is 19.3 Å². The second kappa shape index (κ2) is 11.9. The van der Waals surface area contributed by atoms with E-state index in [1.165, 1.54) is 5.56 Å². The molecule has 2 N–H and O–H groups in total. The Morgan fingerprint density at radius 2 is 1.89 bits per heavy atom. The number of hydrogen-bond donors (Lipinski definition) is 1. The van der Waals surface area contributed by atoms with E-state index in [2.05, 4.69) is 40.2 Å². The third-order valence-electron chi connectivity index (χ3n) is 4.76. The molecule has 1 aliphatic rings. The molecule has 0 aliphatic carbocycles. The Morgan fingerprint density at radius 1 is 1.18 bits per heavy atom. The number of benzene rings is 1. The molecule has 1 amide bonds. The number of nitriles is 1. The van der Waals surface area contributed by atoms with Gasteiger partial charge in [0.05, 0.1) is 6.07 Å². The molecule has 0 bridgehead atoms. The van der Waals surface area contributed by atoms with Crippen molar-refractivity contribution in [3.8, 4) is 6.07 Å². The lowest BCUT2D eigenvalue weighted by molar-refractivity contribution is -0.130. The van der Waals surface area contributed by atoms with E-state index in [9.17, 15) is 10.1 Å². The summed E-state index contributed by atoms with van der Waals surface area (Å²) in [6, 6.07) is 16.2. The number of pyridine rings is 1. The molecule has 1 aliphatic heterocycles. The lowest BCUT2D eigenvalue weighted by atomic mass is 10.1. The second-order valence-corrected chi connectivity index (χ2v) is 6.74. The standard InChI is InChI=1S/C13H16N4O.C9H13N/c1-11(18)16-5-7-17(8-6-16)13(9-14)12-3-2-4-15-10-12;10-8-4-7-9-5-2-1-3-6-9/h2-4,10,13H,5-8H2,1H3;1-3,5-6H,4,7-8,10H2. The summed E-state index contributed by atoms with van der Waals surface area (Å²) in [6.07, 6.45) is 5.62. The van der Waals surface area contributed by atoms with Gasteiger partial charge in [-0.05, 0) is 31.0 Å². The highest BCUT2D eigenvalue weighted by atomic mass is 16.2. The maximum absolute atomic E-state index is 11.2. The normalized spacial score (nSPS) is 15.1.